The van der Waals surface area contributed by atoms with Crippen LogP contribution < -0.4 is 0 Å². The summed E-state index contributed by atoms with van der Waals surface area (Å²) in [4.78, 5) is 7.27. The van der Waals surface area contributed by atoms with Crippen molar-refractivity contribution in [1.29, 1.82) is 0 Å². The summed E-state index contributed by atoms with van der Waals surface area (Å²) >= 11 is 0. The zero-order valence-electron chi connectivity index (χ0n) is 9.51. The van der Waals surface area contributed by atoms with Crippen molar-refractivity contribution in [2.45, 2.75) is 0 Å². The largest absolute Gasteiger partial charge is 0.380 e. The fraction of sp³-hybridized carbons (Fsp3) is 0.417. The van der Waals surface area contributed by atoms with Crippen LogP contribution in [0.1, 0.15) is 5.56 Å². The van der Waals surface area contributed by atoms with Gasteiger partial charge in [-0.15, -0.1) is 0 Å². The molecule has 1 heterocycles. The highest BCUT2D eigenvalue weighted by Crippen LogP contribution is 2.00. The van der Waals surface area contributed by atoms with Gasteiger partial charge in [0.05, 0.1) is 19.4 Å². The van der Waals surface area contributed by atoms with Gasteiger partial charge in [-0.3, -0.25) is 4.90 Å². The summed E-state index contributed by atoms with van der Waals surface area (Å²) in [6.45, 7) is 3.68. The molecule has 0 radical (unpaired) electrons. The van der Waals surface area contributed by atoms with E-state index in [9.17, 15) is 4.39 Å². The fourth-order valence-electron chi connectivity index (χ4n) is 1.49. The maximum absolute atomic E-state index is 12.6. The van der Waals surface area contributed by atoms with Gasteiger partial charge in [0.25, 0.3) is 0 Å². The Labute approximate surface area is 99.6 Å². The molecule has 0 N–H and O–H groups in total. The predicted molar refractivity (Wildman–Crippen MR) is 62.3 cm³/mol. The molecule has 0 spiro atoms. The average Bonchev–Trinajstić information content (AvgIpc) is 2.38. The Morgan fingerprint density at radius 2 is 2.00 bits per heavy atom. The number of rotatable bonds is 4. The monoisotopic (exact) mass is 238 g/mol. The third-order valence-electron chi connectivity index (χ3n) is 2.49. The standard InChI is InChI=1S/C12H15FN2O2/c13-12-3-1-11(2-4-12)9-14-17-10-15-5-7-16-8-6-15/h1-4,9H,5-8,10H2/b14-9+. The van der Waals surface area contributed by atoms with Crippen LogP contribution in [0.15, 0.2) is 29.4 Å². The lowest BCUT2D eigenvalue weighted by molar-refractivity contribution is -0.0309. The first-order valence-corrected chi connectivity index (χ1v) is 5.55. The van der Waals surface area contributed by atoms with Crippen molar-refractivity contribution >= 4 is 6.21 Å². The van der Waals surface area contributed by atoms with Crippen molar-refractivity contribution in [1.82, 2.24) is 4.90 Å². The van der Waals surface area contributed by atoms with Crippen LogP contribution in [-0.2, 0) is 9.57 Å². The maximum atomic E-state index is 12.6. The molecule has 0 bridgehead atoms. The lowest BCUT2D eigenvalue weighted by atomic mass is 10.2. The SMILES string of the molecule is Fc1ccc(/C=N/OCN2CCOCC2)cc1. The molecule has 17 heavy (non-hydrogen) atoms. The van der Waals surface area contributed by atoms with Crippen molar-refractivity contribution in [2.24, 2.45) is 5.16 Å². The number of halogens is 1. The Morgan fingerprint density at radius 1 is 1.29 bits per heavy atom. The fourth-order valence-corrected chi connectivity index (χ4v) is 1.49. The maximum Gasteiger partial charge on any atom is 0.171 e. The minimum absolute atomic E-state index is 0.253. The van der Waals surface area contributed by atoms with Crippen LogP contribution in [0.5, 0.6) is 0 Å². The molecule has 1 aromatic rings. The van der Waals surface area contributed by atoms with Crippen molar-refractivity contribution in [3.05, 3.63) is 35.6 Å². The van der Waals surface area contributed by atoms with Gasteiger partial charge in [0.1, 0.15) is 5.82 Å². The van der Waals surface area contributed by atoms with Gasteiger partial charge >= 0.3 is 0 Å². The molecule has 0 aromatic heterocycles. The van der Waals surface area contributed by atoms with E-state index in [1.54, 1.807) is 18.3 Å². The van der Waals surface area contributed by atoms with E-state index in [-0.39, 0.29) is 5.82 Å². The highest BCUT2D eigenvalue weighted by atomic mass is 19.1. The smallest absolute Gasteiger partial charge is 0.171 e. The minimum Gasteiger partial charge on any atom is -0.380 e. The quantitative estimate of drug-likeness (QED) is 0.588. The highest BCUT2D eigenvalue weighted by molar-refractivity contribution is 5.78. The summed E-state index contributed by atoms with van der Waals surface area (Å²) in [5.41, 5.74) is 0.813. The van der Waals surface area contributed by atoms with Gasteiger partial charge in [-0.05, 0) is 17.7 Å². The van der Waals surface area contributed by atoms with Crippen molar-refractivity contribution < 1.29 is 14.0 Å². The molecule has 0 unspecified atom stereocenters. The Bertz CT molecular complexity index is 361. The Kier molecular flexibility index (Phi) is 4.46. The van der Waals surface area contributed by atoms with E-state index in [0.29, 0.717) is 6.73 Å². The topological polar surface area (TPSA) is 34.1 Å². The van der Waals surface area contributed by atoms with Gasteiger partial charge in [0.2, 0.25) is 0 Å². The van der Waals surface area contributed by atoms with Gasteiger partial charge in [-0.25, -0.2) is 4.39 Å². The van der Waals surface area contributed by atoms with E-state index in [2.05, 4.69) is 10.1 Å². The lowest BCUT2D eigenvalue weighted by Gasteiger charge is -2.24. The summed E-state index contributed by atoms with van der Waals surface area (Å²) in [5.74, 6) is -0.253. The van der Waals surface area contributed by atoms with Gasteiger partial charge in [0, 0.05) is 13.1 Å². The molecule has 1 aliphatic heterocycles. The van der Waals surface area contributed by atoms with E-state index < -0.39 is 0 Å². The lowest BCUT2D eigenvalue weighted by Crippen LogP contribution is -2.37. The average molecular weight is 238 g/mol. The molecule has 2 rings (SSSR count). The number of hydrogen-bond donors (Lipinski definition) is 0. The molecule has 0 saturated carbocycles. The van der Waals surface area contributed by atoms with E-state index in [0.717, 1.165) is 31.9 Å². The van der Waals surface area contributed by atoms with E-state index >= 15 is 0 Å². The van der Waals surface area contributed by atoms with E-state index in [1.165, 1.54) is 12.1 Å². The van der Waals surface area contributed by atoms with Gasteiger partial charge in [-0.1, -0.05) is 17.3 Å². The Morgan fingerprint density at radius 3 is 2.71 bits per heavy atom. The van der Waals surface area contributed by atoms with Gasteiger partial charge in [-0.2, -0.15) is 0 Å². The second kappa shape index (κ2) is 6.32. The zero-order chi connectivity index (χ0) is 11.9. The molecule has 1 aliphatic rings. The molecule has 1 fully saturated rings. The molecule has 0 atom stereocenters. The number of nitrogens with zero attached hydrogens (tertiary/aromatic N) is 2. The molecule has 4 nitrogen and oxygen atoms in total. The zero-order valence-corrected chi connectivity index (χ0v) is 9.51. The molecule has 5 heteroatoms. The number of benzene rings is 1. The second-order valence-electron chi connectivity index (χ2n) is 3.77. The normalized spacial score (nSPS) is 17.5. The first-order chi connectivity index (χ1) is 8.34. The Hall–Kier alpha value is -1.46. The van der Waals surface area contributed by atoms with Crippen LogP contribution in [-0.4, -0.2) is 44.1 Å². The molecule has 1 aromatic carbocycles. The van der Waals surface area contributed by atoms with Crippen LogP contribution in [0.25, 0.3) is 0 Å². The molecule has 1 saturated heterocycles. The number of morpholine rings is 1. The first kappa shape index (κ1) is 12.0. The van der Waals surface area contributed by atoms with Crippen LogP contribution >= 0.6 is 0 Å². The number of hydrogen-bond acceptors (Lipinski definition) is 4. The second-order valence-corrected chi connectivity index (χ2v) is 3.77. The third-order valence-corrected chi connectivity index (χ3v) is 2.49. The number of ether oxygens (including phenoxy) is 1. The molecule has 92 valence electrons. The highest BCUT2D eigenvalue weighted by Gasteiger charge is 2.09. The van der Waals surface area contributed by atoms with Gasteiger partial charge in [0.15, 0.2) is 6.73 Å². The first-order valence-electron chi connectivity index (χ1n) is 5.55. The van der Waals surface area contributed by atoms with E-state index in [1.807, 2.05) is 0 Å². The summed E-state index contributed by atoms with van der Waals surface area (Å²) in [6.07, 6.45) is 1.57. The van der Waals surface area contributed by atoms with Crippen molar-refractivity contribution in [3.8, 4) is 0 Å². The van der Waals surface area contributed by atoms with Crippen molar-refractivity contribution in [3.63, 3.8) is 0 Å². The summed E-state index contributed by atoms with van der Waals surface area (Å²) in [6, 6.07) is 6.08. The predicted octanol–water partition coefficient (Wildman–Crippen LogP) is 1.47. The number of oxime groups is 1. The third kappa shape index (κ3) is 4.13. The summed E-state index contributed by atoms with van der Waals surface area (Å²) in [5, 5.41) is 3.84. The van der Waals surface area contributed by atoms with E-state index in [4.69, 9.17) is 9.57 Å². The van der Waals surface area contributed by atoms with Crippen LogP contribution in [0.2, 0.25) is 0 Å². The molecule has 0 amide bonds. The molecule has 0 aliphatic carbocycles. The van der Waals surface area contributed by atoms with Gasteiger partial charge < -0.3 is 9.57 Å². The summed E-state index contributed by atoms with van der Waals surface area (Å²) in [7, 11) is 0. The minimum atomic E-state index is -0.253. The van der Waals surface area contributed by atoms with Crippen LogP contribution in [0, 0.1) is 5.82 Å². The van der Waals surface area contributed by atoms with Crippen LogP contribution in [0.4, 0.5) is 4.39 Å². The van der Waals surface area contributed by atoms with Crippen LogP contribution in [0.3, 0.4) is 0 Å². The summed E-state index contributed by atoms with van der Waals surface area (Å²) < 4.78 is 17.8. The molecular formula is C12H15FN2O2. The van der Waals surface area contributed by atoms with Crippen molar-refractivity contribution in [2.75, 3.05) is 33.0 Å². The Balaban J connectivity index is 1.72. The molecular weight excluding hydrogens is 223 g/mol.